The summed E-state index contributed by atoms with van der Waals surface area (Å²) in [5.41, 5.74) is -0.343. The van der Waals surface area contributed by atoms with E-state index in [1.165, 1.54) is 17.6 Å². The second-order valence-corrected chi connectivity index (χ2v) is 11.6. The van der Waals surface area contributed by atoms with Gasteiger partial charge in [0.25, 0.3) is 0 Å². The van der Waals surface area contributed by atoms with Crippen molar-refractivity contribution in [3.8, 4) is 16.5 Å². The molecule has 11 nitrogen and oxygen atoms in total. The molecule has 1 atom stereocenters. The van der Waals surface area contributed by atoms with Crippen LogP contribution in [0.25, 0.3) is 21.0 Å². The number of ether oxygens (including phenoxy) is 4. The number of hydrogen-bond donors (Lipinski definition) is 1. The van der Waals surface area contributed by atoms with Gasteiger partial charge in [-0.25, -0.2) is 4.98 Å². The van der Waals surface area contributed by atoms with Gasteiger partial charge in [0.1, 0.15) is 34.1 Å². The van der Waals surface area contributed by atoms with E-state index < -0.39 is 22.9 Å². The number of aliphatic carboxylic acids is 1. The first kappa shape index (κ1) is 28.5. The van der Waals surface area contributed by atoms with Gasteiger partial charge in [0.05, 0.1) is 36.2 Å². The number of carboxylic acid groups (broad SMARTS) is 1. The summed E-state index contributed by atoms with van der Waals surface area (Å²) in [4.78, 5) is 32.6. The van der Waals surface area contributed by atoms with Gasteiger partial charge in [-0.2, -0.15) is 5.10 Å². The van der Waals surface area contributed by atoms with Gasteiger partial charge in [-0.1, -0.05) is 18.2 Å². The summed E-state index contributed by atoms with van der Waals surface area (Å²) in [5.74, 6) is -0.0249. The summed E-state index contributed by atoms with van der Waals surface area (Å²) in [6.07, 6.45) is 4.29. The van der Waals surface area contributed by atoms with E-state index >= 15 is 0 Å². The van der Waals surface area contributed by atoms with Crippen LogP contribution in [0, 0.1) is 6.92 Å². The molecule has 5 heterocycles. The molecule has 4 aromatic rings. The predicted molar refractivity (Wildman–Crippen MR) is 154 cm³/mol. The zero-order chi connectivity index (χ0) is 29.3. The van der Waals surface area contributed by atoms with Gasteiger partial charge in [0.2, 0.25) is 11.3 Å². The molecule has 1 N–H and O–H groups in total. The molecule has 42 heavy (non-hydrogen) atoms. The predicted octanol–water partition coefficient (Wildman–Crippen LogP) is 4.50. The topological polar surface area (TPSA) is 135 Å². The molecule has 6 rings (SSSR count). The molecule has 0 unspecified atom stereocenters. The van der Waals surface area contributed by atoms with Crippen molar-refractivity contribution in [1.82, 2.24) is 14.8 Å². The van der Waals surface area contributed by atoms with Crippen LogP contribution in [0.2, 0.25) is 0 Å². The largest absolute Gasteiger partial charge is 0.496 e. The third-order valence-electron chi connectivity index (χ3n) is 8.21. The van der Waals surface area contributed by atoms with E-state index in [9.17, 15) is 14.7 Å². The Morgan fingerprint density at radius 2 is 1.93 bits per heavy atom. The molecular weight excluding hydrogens is 562 g/mol. The number of aromatic nitrogens is 3. The Morgan fingerprint density at radius 3 is 2.62 bits per heavy atom. The number of rotatable bonds is 9. The van der Waals surface area contributed by atoms with E-state index in [1.54, 1.807) is 18.0 Å². The van der Waals surface area contributed by atoms with Crippen molar-refractivity contribution in [3.05, 3.63) is 63.8 Å². The van der Waals surface area contributed by atoms with Gasteiger partial charge < -0.3 is 28.5 Å². The lowest BCUT2D eigenvalue weighted by molar-refractivity contribution is -0.148. The van der Waals surface area contributed by atoms with Crippen LogP contribution in [0.4, 0.5) is 0 Å². The highest BCUT2D eigenvalue weighted by atomic mass is 32.1. The maximum Gasteiger partial charge on any atom is 0.316 e. The fraction of sp³-hybridized carbons (Fsp3) is 0.467. The maximum absolute atomic E-state index is 14.2. The Morgan fingerprint density at radius 1 is 1.19 bits per heavy atom. The standard InChI is InChI=1S/C30H33N3O8S/c1-18-23-24(34)26(30(29(35)36)9-14-39-15-10-30)32-33(28(23)42-25(18)27-31-11-16-40-27)17-22(41-19-7-12-38-13-8-19)20-5-3-4-6-21(20)37-2/h3-6,11,16,19,22H,7-10,12-15,17H2,1-2H3,(H,35,36)/t22-/m0/s1. The number of fused-ring (bicyclic) bond motifs is 1. The summed E-state index contributed by atoms with van der Waals surface area (Å²) >= 11 is 1.34. The number of nitrogens with zero attached hydrogens (tertiary/aromatic N) is 3. The fourth-order valence-corrected chi connectivity index (χ4v) is 7.08. The molecule has 0 saturated carbocycles. The monoisotopic (exact) mass is 595 g/mol. The first-order valence-corrected chi connectivity index (χ1v) is 14.9. The first-order valence-electron chi connectivity index (χ1n) is 14.0. The summed E-state index contributed by atoms with van der Waals surface area (Å²) in [6, 6.07) is 7.66. The average Bonchev–Trinajstić information content (AvgIpc) is 3.67. The van der Waals surface area contributed by atoms with E-state index in [1.807, 2.05) is 31.2 Å². The summed E-state index contributed by atoms with van der Waals surface area (Å²) < 4.78 is 30.8. The smallest absolute Gasteiger partial charge is 0.316 e. The molecule has 1 aromatic carbocycles. The highest BCUT2D eigenvalue weighted by Gasteiger charge is 2.46. The molecule has 2 saturated heterocycles. The Kier molecular flexibility index (Phi) is 8.13. The summed E-state index contributed by atoms with van der Waals surface area (Å²) in [7, 11) is 1.62. The lowest BCUT2D eigenvalue weighted by Crippen LogP contribution is -2.46. The number of aryl methyl sites for hydroxylation is 1. The Labute approximate surface area is 246 Å². The van der Waals surface area contributed by atoms with E-state index in [0.717, 1.165) is 18.4 Å². The van der Waals surface area contributed by atoms with Crippen LogP contribution in [-0.2, 0) is 31.0 Å². The number of para-hydroxylation sites is 1. The normalized spacial score (nSPS) is 18.2. The second kappa shape index (κ2) is 12.0. The van der Waals surface area contributed by atoms with Crippen LogP contribution < -0.4 is 10.2 Å². The third kappa shape index (κ3) is 5.13. The van der Waals surface area contributed by atoms with E-state index in [-0.39, 0.29) is 44.4 Å². The Hall–Kier alpha value is -3.58. The number of carbonyl (C=O) groups is 1. The van der Waals surface area contributed by atoms with Gasteiger partial charge in [-0.05, 0) is 44.2 Å². The van der Waals surface area contributed by atoms with Crippen LogP contribution in [-0.4, -0.2) is 65.5 Å². The molecule has 2 fully saturated rings. The molecular formula is C30H33N3O8S. The van der Waals surface area contributed by atoms with Crippen molar-refractivity contribution < 1.29 is 33.3 Å². The zero-order valence-corrected chi connectivity index (χ0v) is 24.4. The maximum atomic E-state index is 14.2. The van der Waals surface area contributed by atoms with Gasteiger partial charge in [0, 0.05) is 32.0 Å². The highest BCUT2D eigenvalue weighted by Crippen LogP contribution is 2.40. The third-order valence-corrected chi connectivity index (χ3v) is 9.50. The molecule has 12 heteroatoms. The minimum Gasteiger partial charge on any atom is -0.496 e. The van der Waals surface area contributed by atoms with Crippen LogP contribution >= 0.6 is 11.3 Å². The van der Waals surface area contributed by atoms with Crippen LogP contribution in [0.1, 0.15) is 48.6 Å². The van der Waals surface area contributed by atoms with E-state index in [4.69, 9.17) is 28.5 Å². The Bertz CT molecular complexity index is 1620. The first-order chi connectivity index (χ1) is 20.4. The molecule has 0 radical (unpaired) electrons. The lowest BCUT2D eigenvalue weighted by atomic mass is 9.76. The van der Waals surface area contributed by atoms with Crippen LogP contribution in [0.15, 0.2) is 45.9 Å². The van der Waals surface area contributed by atoms with E-state index in [2.05, 4.69) is 4.98 Å². The minimum atomic E-state index is -1.47. The molecule has 0 bridgehead atoms. The number of hydrogen-bond acceptors (Lipinski definition) is 10. The van der Waals surface area contributed by atoms with Gasteiger partial charge in [0.15, 0.2) is 0 Å². The number of benzene rings is 1. The van der Waals surface area contributed by atoms with Crippen molar-refractivity contribution >= 4 is 27.5 Å². The van der Waals surface area contributed by atoms with Crippen LogP contribution in [0.3, 0.4) is 0 Å². The lowest BCUT2D eigenvalue weighted by Gasteiger charge is -2.33. The van der Waals surface area contributed by atoms with Gasteiger partial charge >= 0.3 is 5.97 Å². The number of methoxy groups -OCH3 is 1. The molecule has 0 aliphatic carbocycles. The highest BCUT2D eigenvalue weighted by molar-refractivity contribution is 7.22. The average molecular weight is 596 g/mol. The second-order valence-electron chi connectivity index (χ2n) is 10.6. The number of carboxylic acids is 1. The molecule has 2 aliphatic rings. The zero-order valence-electron chi connectivity index (χ0n) is 23.5. The number of thiophene rings is 1. The van der Waals surface area contributed by atoms with Crippen molar-refractivity contribution in [1.29, 1.82) is 0 Å². The van der Waals surface area contributed by atoms with E-state index in [0.29, 0.717) is 45.5 Å². The number of oxazole rings is 1. The SMILES string of the molecule is COc1ccccc1[C@H](Cn1nc(C2(C(=O)O)CCOCC2)c(=O)c2c(C)c(-c3ncco3)sc21)OC1CCOCC1. The van der Waals surface area contributed by atoms with Gasteiger partial charge in [-0.3, -0.25) is 14.3 Å². The molecule has 3 aromatic heterocycles. The summed E-state index contributed by atoms with van der Waals surface area (Å²) in [6.45, 7) is 3.74. The quantitative estimate of drug-likeness (QED) is 0.295. The van der Waals surface area contributed by atoms with Crippen molar-refractivity contribution in [2.75, 3.05) is 33.5 Å². The molecule has 0 spiro atoms. The van der Waals surface area contributed by atoms with Crippen molar-refractivity contribution in [2.45, 2.75) is 56.8 Å². The molecule has 0 amide bonds. The van der Waals surface area contributed by atoms with Crippen molar-refractivity contribution in [2.24, 2.45) is 0 Å². The van der Waals surface area contributed by atoms with Gasteiger partial charge in [-0.15, -0.1) is 11.3 Å². The molecule has 222 valence electrons. The molecule has 2 aliphatic heterocycles. The van der Waals surface area contributed by atoms with Crippen molar-refractivity contribution in [3.63, 3.8) is 0 Å². The summed E-state index contributed by atoms with van der Waals surface area (Å²) in [5, 5.41) is 15.7. The minimum absolute atomic E-state index is 0.00972. The fourth-order valence-electron chi connectivity index (χ4n) is 5.87. The van der Waals surface area contributed by atoms with Crippen LogP contribution in [0.5, 0.6) is 5.75 Å². The Balaban J connectivity index is 1.55.